The van der Waals surface area contributed by atoms with Crippen LogP contribution >= 0.6 is 0 Å². The Kier molecular flexibility index (Phi) is 53.0. The summed E-state index contributed by atoms with van der Waals surface area (Å²) < 4.78 is 16.8. The zero-order valence-corrected chi connectivity index (χ0v) is 44.5. The van der Waals surface area contributed by atoms with Crippen molar-refractivity contribution in [1.29, 1.82) is 0 Å². The Morgan fingerprint density at radius 3 is 0.884 bits per heavy atom. The molecule has 69 heavy (non-hydrogen) atoms. The van der Waals surface area contributed by atoms with Crippen LogP contribution in [0.1, 0.15) is 239 Å². The van der Waals surface area contributed by atoms with E-state index in [4.69, 9.17) is 14.2 Å². The molecule has 1 unspecified atom stereocenters. The van der Waals surface area contributed by atoms with Gasteiger partial charge in [0, 0.05) is 19.3 Å². The molecule has 0 aliphatic carbocycles. The van der Waals surface area contributed by atoms with Gasteiger partial charge in [-0.25, -0.2) is 0 Å². The largest absolute Gasteiger partial charge is 0.462 e. The normalized spacial score (nSPS) is 13.0. The zero-order valence-electron chi connectivity index (χ0n) is 44.5. The van der Waals surface area contributed by atoms with Crippen molar-refractivity contribution in [3.63, 3.8) is 0 Å². The molecule has 6 nitrogen and oxygen atoms in total. The minimum atomic E-state index is -0.805. The van der Waals surface area contributed by atoms with Crippen molar-refractivity contribution >= 4 is 17.9 Å². The predicted molar refractivity (Wildman–Crippen MR) is 297 cm³/mol. The van der Waals surface area contributed by atoms with E-state index in [0.29, 0.717) is 19.3 Å². The summed E-state index contributed by atoms with van der Waals surface area (Å²) in [6.07, 6.45) is 77.5. The lowest BCUT2D eigenvalue weighted by Crippen LogP contribution is -2.30. The Balaban J connectivity index is 4.47. The second kappa shape index (κ2) is 56.4. The molecule has 0 aliphatic heterocycles. The van der Waals surface area contributed by atoms with E-state index in [0.717, 1.165) is 173 Å². The van der Waals surface area contributed by atoms with E-state index >= 15 is 0 Å². The van der Waals surface area contributed by atoms with Crippen LogP contribution in [0, 0.1) is 0 Å². The molecule has 0 N–H and O–H groups in total. The van der Waals surface area contributed by atoms with E-state index in [1.807, 2.05) is 0 Å². The van der Waals surface area contributed by atoms with Crippen LogP contribution in [0.5, 0.6) is 0 Å². The number of hydrogen-bond acceptors (Lipinski definition) is 6. The molecule has 1 atom stereocenters. The summed E-state index contributed by atoms with van der Waals surface area (Å²) in [7, 11) is 0. The Morgan fingerprint density at radius 1 is 0.304 bits per heavy atom. The summed E-state index contributed by atoms with van der Waals surface area (Å²) in [6, 6.07) is 0. The van der Waals surface area contributed by atoms with Gasteiger partial charge in [0.1, 0.15) is 13.2 Å². The molecule has 0 saturated carbocycles. The lowest BCUT2D eigenvalue weighted by Gasteiger charge is -2.18. The molecule has 0 aromatic heterocycles. The highest BCUT2D eigenvalue weighted by molar-refractivity contribution is 5.71. The van der Waals surface area contributed by atoms with E-state index in [2.05, 4.69) is 142 Å². The maximum atomic E-state index is 12.8. The van der Waals surface area contributed by atoms with Gasteiger partial charge in [-0.3, -0.25) is 14.4 Å². The van der Waals surface area contributed by atoms with E-state index in [9.17, 15) is 14.4 Å². The number of unbranched alkanes of at least 4 members (excludes halogenated alkanes) is 18. The second-order valence-corrected chi connectivity index (χ2v) is 18.1. The number of carbonyl (C=O) groups is 3. The Labute approximate surface area is 424 Å². The van der Waals surface area contributed by atoms with Crippen LogP contribution < -0.4 is 0 Å². The van der Waals surface area contributed by atoms with Gasteiger partial charge in [-0.05, 0) is 128 Å². The highest BCUT2D eigenvalue weighted by Gasteiger charge is 2.19. The summed E-state index contributed by atoms with van der Waals surface area (Å²) in [5.74, 6) is -0.954. The fourth-order valence-electron chi connectivity index (χ4n) is 7.28. The van der Waals surface area contributed by atoms with Crippen LogP contribution in [0.25, 0.3) is 0 Å². The van der Waals surface area contributed by atoms with Crippen molar-refractivity contribution in [2.45, 2.75) is 245 Å². The van der Waals surface area contributed by atoms with Crippen molar-refractivity contribution in [2.24, 2.45) is 0 Å². The number of rotatable bonds is 49. The summed E-state index contributed by atoms with van der Waals surface area (Å²) in [4.78, 5) is 38.1. The molecule has 0 bridgehead atoms. The maximum Gasteiger partial charge on any atom is 0.306 e. The van der Waals surface area contributed by atoms with Gasteiger partial charge in [-0.1, -0.05) is 213 Å². The van der Waals surface area contributed by atoms with Crippen LogP contribution in [-0.2, 0) is 28.6 Å². The molecule has 0 spiro atoms. The van der Waals surface area contributed by atoms with Gasteiger partial charge >= 0.3 is 17.9 Å². The molecule has 0 aromatic carbocycles. The van der Waals surface area contributed by atoms with Gasteiger partial charge in [-0.2, -0.15) is 0 Å². The monoisotopic (exact) mass is 955 g/mol. The first-order valence-electron chi connectivity index (χ1n) is 28.0. The molecule has 0 fully saturated rings. The number of ether oxygens (including phenoxy) is 3. The fourth-order valence-corrected chi connectivity index (χ4v) is 7.28. The van der Waals surface area contributed by atoms with Crippen molar-refractivity contribution in [3.8, 4) is 0 Å². The Bertz CT molecular complexity index is 1470. The fraction of sp³-hybridized carbons (Fsp3) is 0.635. The van der Waals surface area contributed by atoms with Crippen LogP contribution in [0.15, 0.2) is 122 Å². The second-order valence-electron chi connectivity index (χ2n) is 18.1. The van der Waals surface area contributed by atoms with E-state index in [-0.39, 0.29) is 31.1 Å². The highest BCUT2D eigenvalue weighted by atomic mass is 16.6. The van der Waals surface area contributed by atoms with E-state index in [1.54, 1.807) is 0 Å². The summed E-state index contributed by atoms with van der Waals surface area (Å²) >= 11 is 0. The minimum absolute atomic E-state index is 0.102. The lowest BCUT2D eigenvalue weighted by atomic mass is 10.1. The van der Waals surface area contributed by atoms with E-state index < -0.39 is 6.10 Å². The topological polar surface area (TPSA) is 78.9 Å². The first kappa shape index (κ1) is 64.8. The van der Waals surface area contributed by atoms with Gasteiger partial charge in [0.2, 0.25) is 0 Å². The smallest absolute Gasteiger partial charge is 0.306 e. The molecular weight excluding hydrogens is 853 g/mol. The Hall–Kier alpha value is -4.19. The van der Waals surface area contributed by atoms with Gasteiger partial charge in [0.25, 0.3) is 0 Å². The third-order valence-corrected chi connectivity index (χ3v) is 11.4. The summed E-state index contributed by atoms with van der Waals surface area (Å²) in [5.41, 5.74) is 0. The summed E-state index contributed by atoms with van der Waals surface area (Å²) in [5, 5.41) is 0. The molecule has 6 heteroatoms. The molecule has 0 saturated heterocycles. The molecular formula is C63H102O6. The maximum absolute atomic E-state index is 12.8. The van der Waals surface area contributed by atoms with Crippen molar-refractivity contribution in [2.75, 3.05) is 13.2 Å². The Morgan fingerprint density at radius 2 is 0.565 bits per heavy atom. The van der Waals surface area contributed by atoms with Crippen LogP contribution in [-0.4, -0.2) is 37.2 Å². The zero-order chi connectivity index (χ0) is 50.0. The molecule has 0 rings (SSSR count). The van der Waals surface area contributed by atoms with E-state index in [1.165, 1.54) is 25.7 Å². The van der Waals surface area contributed by atoms with Crippen LogP contribution in [0.4, 0.5) is 0 Å². The molecule has 0 aromatic rings. The van der Waals surface area contributed by atoms with Gasteiger partial charge in [-0.15, -0.1) is 0 Å². The number of hydrogen-bond donors (Lipinski definition) is 0. The molecule has 390 valence electrons. The first-order valence-corrected chi connectivity index (χ1v) is 28.0. The molecule has 0 radical (unpaired) electrons. The van der Waals surface area contributed by atoms with Crippen molar-refractivity contribution in [3.05, 3.63) is 122 Å². The third kappa shape index (κ3) is 54.6. The van der Waals surface area contributed by atoms with Gasteiger partial charge in [0.15, 0.2) is 6.10 Å². The summed E-state index contributed by atoms with van der Waals surface area (Å²) in [6.45, 7) is 6.34. The van der Waals surface area contributed by atoms with Crippen molar-refractivity contribution in [1.82, 2.24) is 0 Å². The standard InChI is InChI=1S/C63H102O6/c1-4-7-10-13-16-19-22-25-28-29-30-31-32-33-36-38-41-44-47-50-53-56-62(65)68-59-60(69-63(66)57-54-51-48-45-42-39-35-27-24-21-18-15-12-9-6-3)58-67-61(64)55-52-49-46-43-40-37-34-26-23-20-17-14-11-8-5-2/h7,9-10,12,16-21,25-28,30-31,33-36,60H,4-6,8,11,13-15,22-24,29,32,37-59H2,1-3H3/b10-7-,12-9-,19-16-,20-17-,21-18-,28-25-,31-30-,34-26-,35-27-,36-33-. The minimum Gasteiger partial charge on any atom is -0.462 e. The first-order chi connectivity index (χ1) is 34.0. The quantitative estimate of drug-likeness (QED) is 0.0262. The SMILES string of the molecule is CC/C=C\C/C=C\C/C=C\C/C=C\C/C=C\CCCCCCCC(=O)OCC(COC(=O)CCCCCCC/C=C\C/C=C\CCCCC)OC(=O)CCCCCCC/C=C\C/C=C\C/C=C\CC. The lowest BCUT2D eigenvalue weighted by molar-refractivity contribution is -0.167. The van der Waals surface area contributed by atoms with Crippen LogP contribution in [0.2, 0.25) is 0 Å². The predicted octanol–water partition coefficient (Wildman–Crippen LogP) is 18.9. The number of allylic oxidation sites excluding steroid dienone is 20. The molecule has 0 aliphatic rings. The molecule has 0 amide bonds. The average Bonchev–Trinajstić information content (AvgIpc) is 3.35. The van der Waals surface area contributed by atoms with Crippen LogP contribution in [0.3, 0.4) is 0 Å². The average molecular weight is 956 g/mol. The van der Waals surface area contributed by atoms with Crippen molar-refractivity contribution < 1.29 is 28.6 Å². The highest BCUT2D eigenvalue weighted by Crippen LogP contribution is 2.13. The third-order valence-electron chi connectivity index (χ3n) is 11.4. The van der Waals surface area contributed by atoms with Gasteiger partial charge < -0.3 is 14.2 Å². The number of esters is 3. The number of carbonyl (C=O) groups excluding carboxylic acids is 3. The van der Waals surface area contributed by atoms with Gasteiger partial charge in [0.05, 0.1) is 0 Å². The molecule has 0 heterocycles.